The number of pyridine rings is 1. The minimum atomic E-state index is -0.0164. The molecule has 0 aliphatic heterocycles. The fourth-order valence-electron chi connectivity index (χ4n) is 2.17. The quantitative estimate of drug-likeness (QED) is 0.797. The predicted octanol–water partition coefficient (Wildman–Crippen LogP) is 3.76. The number of aryl methyl sites for hydroxylation is 1. The van der Waals surface area contributed by atoms with Gasteiger partial charge in [-0.15, -0.1) is 11.3 Å². The van der Waals surface area contributed by atoms with Gasteiger partial charge in [-0.3, -0.25) is 4.98 Å². The summed E-state index contributed by atoms with van der Waals surface area (Å²) in [5, 5.41) is 3.08. The zero-order chi connectivity index (χ0) is 14.7. The Kier molecular flexibility index (Phi) is 4.08. The number of aromatic nitrogens is 2. The molecule has 1 aromatic carbocycles. The summed E-state index contributed by atoms with van der Waals surface area (Å²) in [6, 6.07) is 14.2. The molecule has 4 heteroatoms. The summed E-state index contributed by atoms with van der Waals surface area (Å²) < 4.78 is 0. The molecule has 3 nitrogen and oxygen atoms in total. The number of nitrogens with two attached hydrogens (primary N) is 1. The van der Waals surface area contributed by atoms with Crippen LogP contribution in [0.5, 0.6) is 0 Å². The van der Waals surface area contributed by atoms with Crippen molar-refractivity contribution in [1.29, 1.82) is 0 Å². The molecule has 2 aromatic heterocycles. The van der Waals surface area contributed by atoms with Crippen LogP contribution in [0.15, 0.2) is 54.0 Å². The van der Waals surface area contributed by atoms with E-state index >= 15 is 0 Å². The molecule has 2 heterocycles. The van der Waals surface area contributed by atoms with Gasteiger partial charge in [-0.25, -0.2) is 4.98 Å². The van der Waals surface area contributed by atoms with Crippen LogP contribution in [0.25, 0.3) is 10.6 Å². The molecule has 0 saturated heterocycles. The van der Waals surface area contributed by atoms with Crippen molar-refractivity contribution in [2.45, 2.75) is 19.4 Å². The van der Waals surface area contributed by atoms with E-state index in [1.54, 1.807) is 11.3 Å². The monoisotopic (exact) mass is 295 g/mol. The lowest BCUT2D eigenvalue weighted by Gasteiger charge is -2.09. The standard InChI is InChI=1S/C17H17N3S/c1-12-7-8-14(10-19-12)17-20-15(11-21-17)9-16(18)13-5-3-2-4-6-13/h2-8,10-11,16H,9,18H2,1H3. The molecule has 106 valence electrons. The van der Waals surface area contributed by atoms with E-state index in [0.29, 0.717) is 0 Å². The molecule has 1 unspecified atom stereocenters. The molecule has 1 atom stereocenters. The molecule has 3 rings (SSSR count). The van der Waals surface area contributed by atoms with Gasteiger partial charge < -0.3 is 5.73 Å². The molecule has 0 fully saturated rings. The fourth-order valence-corrected chi connectivity index (χ4v) is 2.99. The molecule has 0 saturated carbocycles. The van der Waals surface area contributed by atoms with Crippen LogP contribution in [-0.2, 0) is 6.42 Å². The SMILES string of the molecule is Cc1ccc(-c2nc(CC(N)c3ccccc3)cs2)cn1. The largest absolute Gasteiger partial charge is 0.324 e. The van der Waals surface area contributed by atoms with Gasteiger partial charge in [0.1, 0.15) is 5.01 Å². The fraction of sp³-hybridized carbons (Fsp3) is 0.176. The first-order valence-electron chi connectivity index (χ1n) is 6.90. The Morgan fingerprint density at radius 2 is 1.95 bits per heavy atom. The summed E-state index contributed by atoms with van der Waals surface area (Å²) in [6.45, 7) is 1.98. The Morgan fingerprint density at radius 1 is 1.14 bits per heavy atom. The molecule has 0 spiro atoms. The molecule has 21 heavy (non-hydrogen) atoms. The van der Waals surface area contributed by atoms with E-state index in [2.05, 4.69) is 33.5 Å². The maximum atomic E-state index is 6.25. The number of benzene rings is 1. The van der Waals surface area contributed by atoms with Crippen LogP contribution < -0.4 is 5.73 Å². The van der Waals surface area contributed by atoms with E-state index in [-0.39, 0.29) is 6.04 Å². The molecule has 0 amide bonds. The second-order valence-electron chi connectivity index (χ2n) is 5.05. The number of rotatable bonds is 4. The van der Waals surface area contributed by atoms with E-state index in [1.165, 1.54) is 0 Å². The van der Waals surface area contributed by atoms with E-state index < -0.39 is 0 Å². The molecular weight excluding hydrogens is 278 g/mol. The number of hydrogen-bond acceptors (Lipinski definition) is 4. The second-order valence-corrected chi connectivity index (χ2v) is 5.91. The average molecular weight is 295 g/mol. The molecular formula is C17H17N3S. The Bertz CT molecular complexity index is 704. The van der Waals surface area contributed by atoms with Gasteiger partial charge in [-0.05, 0) is 24.6 Å². The Morgan fingerprint density at radius 3 is 2.67 bits per heavy atom. The highest BCUT2D eigenvalue weighted by atomic mass is 32.1. The maximum absolute atomic E-state index is 6.25. The number of hydrogen-bond donors (Lipinski definition) is 1. The van der Waals surface area contributed by atoms with Crippen molar-refractivity contribution in [2.24, 2.45) is 5.73 Å². The van der Waals surface area contributed by atoms with Gasteiger partial charge in [-0.1, -0.05) is 30.3 Å². The smallest absolute Gasteiger partial charge is 0.125 e. The van der Waals surface area contributed by atoms with Crippen LogP contribution in [-0.4, -0.2) is 9.97 Å². The second kappa shape index (κ2) is 6.16. The third kappa shape index (κ3) is 3.35. The molecule has 0 aliphatic rings. The van der Waals surface area contributed by atoms with Crippen LogP contribution in [0.2, 0.25) is 0 Å². The van der Waals surface area contributed by atoms with Crippen LogP contribution in [0.1, 0.15) is 23.0 Å². The number of thiazole rings is 1. The minimum absolute atomic E-state index is 0.0164. The summed E-state index contributed by atoms with van der Waals surface area (Å²) in [7, 11) is 0. The van der Waals surface area contributed by atoms with Crippen molar-refractivity contribution in [1.82, 2.24) is 9.97 Å². The van der Waals surface area contributed by atoms with Crippen LogP contribution in [0.3, 0.4) is 0 Å². The minimum Gasteiger partial charge on any atom is -0.324 e. The lowest BCUT2D eigenvalue weighted by Crippen LogP contribution is -2.13. The topological polar surface area (TPSA) is 51.8 Å². The van der Waals surface area contributed by atoms with Gasteiger partial charge in [0, 0.05) is 35.3 Å². The highest BCUT2D eigenvalue weighted by molar-refractivity contribution is 7.13. The van der Waals surface area contributed by atoms with Gasteiger partial charge in [0.15, 0.2) is 0 Å². The van der Waals surface area contributed by atoms with Gasteiger partial charge >= 0.3 is 0 Å². The van der Waals surface area contributed by atoms with E-state index in [4.69, 9.17) is 5.73 Å². The van der Waals surface area contributed by atoms with E-state index in [1.807, 2.05) is 37.4 Å². The lowest BCUT2D eigenvalue weighted by molar-refractivity contribution is 0.710. The first kappa shape index (κ1) is 13.9. The van der Waals surface area contributed by atoms with Crippen LogP contribution >= 0.6 is 11.3 Å². The Balaban J connectivity index is 1.75. The van der Waals surface area contributed by atoms with Gasteiger partial charge in [0.05, 0.1) is 5.69 Å². The predicted molar refractivity (Wildman–Crippen MR) is 87.2 cm³/mol. The summed E-state index contributed by atoms with van der Waals surface area (Å²) in [5.74, 6) is 0. The third-order valence-corrected chi connectivity index (χ3v) is 4.31. The summed E-state index contributed by atoms with van der Waals surface area (Å²) in [5.41, 5.74) is 10.5. The molecule has 0 bridgehead atoms. The molecule has 0 aliphatic carbocycles. The first-order valence-corrected chi connectivity index (χ1v) is 7.78. The van der Waals surface area contributed by atoms with Gasteiger partial charge in [0.25, 0.3) is 0 Å². The molecule has 3 aromatic rings. The van der Waals surface area contributed by atoms with Crippen molar-refractivity contribution in [3.8, 4) is 10.6 Å². The van der Waals surface area contributed by atoms with Gasteiger partial charge in [0.2, 0.25) is 0 Å². The Labute approximate surface area is 128 Å². The van der Waals surface area contributed by atoms with Crippen LogP contribution in [0.4, 0.5) is 0 Å². The zero-order valence-electron chi connectivity index (χ0n) is 11.9. The van der Waals surface area contributed by atoms with Crippen LogP contribution in [0, 0.1) is 6.92 Å². The normalized spacial score (nSPS) is 12.3. The maximum Gasteiger partial charge on any atom is 0.125 e. The summed E-state index contributed by atoms with van der Waals surface area (Å²) in [6.07, 6.45) is 2.62. The van der Waals surface area contributed by atoms with Crippen molar-refractivity contribution in [3.05, 3.63) is 71.0 Å². The first-order chi connectivity index (χ1) is 10.2. The summed E-state index contributed by atoms with van der Waals surface area (Å²) >= 11 is 1.64. The third-order valence-electron chi connectivity index (χ3n) is 3.37. The Hall–Kier alpha value is -2.04. The number of nitrogens with zero attached hydrogens (tertiary/aromatic N) is 2. The van der Waals surface area contributed by atoms with Crippen molar-refractivity contribution in [3.63, 3.8) is 0 Å². The lowest BCUT2D eigenvalue weighted by atomic mass is 10.0. The average Bonchev–Trinajstić information content (AvgIpc) is 2.97. The van der Waals surface area contributed by atoms with Crippen molar-refractivity contribution in [2.75, 3.05) is 0 Å². The molecule has 2 N–H and O–H groups in total. The molecule has 0 radical (unpaired) electrons. The van der Waals surface area contributed by atoms with Crippen molar-refractivity contribution >= 4 is 11.3 Å². The van der Waals surface area contributed by atoms with Gasteiger partial charge in [-0.2, -0.15) is 0 Å². The van der Waals surface area contributed by atoms with E-state index in [9.17, 15) is 0 Å². The highest BCUT2D eigenvalue weighted by Crippen LogP contribution is 2.25. The zero-order valence-corrected chi connectivity index (χ0v) is 12.7. The summed E-state index contributed by atoms with van der Waals surface area (Å²) in [4.78, 5) is 8.99. The van der Waals surface area contributed by atoms with E-state index in [0.717, 1.165) is 33.9 Å². The highest BCUT2D eigenvalue weighted by Gasteiger charge is 2.10. The van der Waals surface area contributed by atoms with Crippen molar-refractivity contribution < 1.29 is 0 Å².